The van der Waals surface area contributed by atoms with Crippen LogP contribution in [0.1, 0.15) is 5.56 Å². The highest BCUT2D eigenvalue weighted by molar-refractivity contribution is 5.87. The van der Waals surface area contributed by atoms with E-state index in [1.807, 2.05) is 43.3 Å². The molecule has 0 N–H and O–H groups in total. The van der Waals surface area contributed by atoms with Crippen LogP contribution in [0, 0.1) is 6.92 Å². The minimum Gasteiger partial charge on any atom is -0.496 e. The number of hydrogen-bond donors (Lipinski definition) is 0. The molecular weight excluding hydrogens is 212 g/mol. The van der Waals surface area contributed by atoms with E-state index in [-0.39, 0.29) is 0 Å². The molecule has 0 radical (unpaired) electrons. The molecule has 0 spiro atoms. The Balaban J connectivity index is 2.40. The maximum atomic E-state index is 5.30. The van der Waals surface area contributed by atoms with Crippen molar-refractivity contribution in [1.82, 2.24) is 9.97 Å². The van der Waals surface area contributed by atoms with E-state index in [4.69, 9.17) is 4.74 Å². The molecule has 1 aromatic heterocycles. The Bertz CT molecular complexity index is 707. The number of aryl methyl sites for hydroxylation is 1. The number of methoxy groups -OCH3 is 1. The molecule has 1 heterocycles. The molecule has 0 saturated heterocycles. The van der Waals surface area contributed by atoms with Crippen molar-refractivity contribution in [2.75, 3.05) is 7.11 Å². The molecule has 0 amide bonds. The molecule has 84 valence electrons. The van der Waals surface area contributed by atoms with Gasteiger partial charge in [0.1, 0.15) is 5.75 Å². The van der Waals surface area contributed by atoms with Gasteiger partial charge in [0.05, 0.1) is 29.2 Å². The van der Waals surface area contributed by atoms with E-state index in [9.17, 15) is 0 Å². The van der Waals surface area contributed by atoms with Crippen LogP contribution in [0.15, 0.2) is 36.4 Å². The zero-order valence-electron chi connectivity index (χ0n) is 9.77. The third-order valence-corrected chi connectivity index (χ3v) is 2.86. The fourth-order valence-corrected chi connectivity index (χ4v) is 1.97. The second-order valence-electron chi connectivity index (χ2n) is 4.02. The zero-order chi connectivity index (χ0) is 11.8. The summed E-state index contributed by atoms with van der Waals surface area (Å²) in [6.45, 7) is 2.01. The van der Waals surface area contributed by atoms with Gasteiger partial charge in [0, 0.05) is 6.07 Å². The lowest BCUT2D eigenvalue weighted by Crippen LogP contribution is -1.91. The van der Waals surface area contributed by atoms with Gasteiger partial charge in [0.2, 0.25) is 0 Å². The van der Waals surface area contributed by atoms with Crippen LogP contribution in [0.2, 0.25) is 0 Å². The molecule has 0 atom stereocenters. The maximum Gasteiger partial charge on any atom is 0.124 e. The second-order valence-corrected chi connectivity index (χ2v) is 4.02. The number of nitrogens with zero attached hydrogens (tertiary/aromatic N) is 2. The third-order valence-electron chi connectivity index (χ3n) is 2.86. The lowest BCUT2D eigenvalue weighted by molar-refractivity contribution is 0.412. The quantitative estimate of drug-likeness (QED) is 0.596. The van der Waals surface area contributed by atoms with Crippen molar-refractivity contribution in [2.45, 2.75) is 6.92 Å². The van der Waals surface area contributed by atoms with Crippen molar-refractivity contribution < 1.29 is 4.74 Å². The Kier molecular flexibility index (Phi) is 2.18. The van der Waals surface area contributed by atoms with Crippen LogP contribution < -0.4 is 4.74 Å². The van der Waals surface area contributed by atoms with Gasteiger partial charge in [-0.25, -0.2) is 9.97 Å². The molecule has 3 nitrogen and oxygen atoms in total. The largest absolute Gasteiger partial charge is 0.496 e. The summed E-state index contributed by atoms with van der Waals surface area (Å²) in [5.41, 5.74) is 4.67. The summed E-state index contributed by atoms with van der Waals surface area (Å²) in [6, 6.07) is 11.8. The van der Waals surface area contributed by atoms with Gasteiger partial charge in [-0.2, -0.15) is 0 Å². The topological polar surface area (TPSA) is 35.0 Å². The molecule has 0 aliphatic carbocycles. The minimum atomic E-state index is 0.849. The molecule has 2 aromatic carbocycles. The van der Waals surface area contributed by atoms with E-state index in [0.717, 1.165) is 33.4 Å². The summed E-state index contributed by atoms with van der Waals surface area (Å²) in [6.07, 6.45) is 0. The van der Waals surface area contributed by atoms with Crippen molar-refractivity contribution in [1.29, 1.82) is 0 Å². The maximum absolute atomic E-state index is 5.30. The number of benzene rings is 2. The fraction of sp³-hybridized carbons (Fsp3) is 0.143. The van der Waals surface area contributed by atoms with Gasteiger partial charge >= 0.3 is 0 Å². The molecule has 0 fully saturated rings. The van der Waals surface area contributed by atoms with Gasteiger partial charge in [0.25, 0.3) is 0 Å². The first-order valence-corrected chi connectivity index (χ1v) is 5.49. The van der Waals surface area contributed by atoms with Gasteiger partial charge in [-0.1, -0.05) is 12.1 Å². The zero-order valence-corrected chi connectivity index (χ0v) is 9.77. The molecule has 0 saturated carbocycles. The predicted molar refractivity (Wildman–Crippen MR) is 68.3 cm³/mol. The van der Waals surface area contributed by atoms with Gasteiger partial charge in [-0.05, 0) is 30.7 Å². The smallest absolute Gasteiger partial charge is 0.124 e. The van der Waals surface area contributed by atoms with Gasteiger partial charge in [-0.3, -0.25) is 0 Å². The van der Waals surface area contributed by atoms with E-state index in [1.54, 1.807) is 7.11 Å². The lowest BCUT2D eigenvalue weighted by Gasteiger charge is -2.06. The predicted octanol–water partition coefficient (Wildman–Crippen LogP) is 3.10. The number of aromatic nitrogens is 2. The summed E-state index contributed by atoms with van der Waals surface area (Å²) in [5, 5.41) is 0. The van der Waals surface area contributed by atoms with Gasteiger partial charge in [-0.15, -0.1) is 0 Å². The molecule has 3 aromatic rings. The Morgan fingerprint density at radius 2 is 1.47 bits per heavy atom. The molecule has 3 rings (SSSR count). The van der Waals surface area contributed by atoms with Gasteiger partial charge in [0.15, 0.2) is 0 Å². The average Bonchev–Trinajstić information content (AvgIpc) is 2.35. The van der Waals surface area contributed by atoms with Crippen LogP contribution >= 0.6 is 0 Å². The average molecular weight is 224 g/mol. The Labute approximate surface area is 99.1 Å². The van der Waals surface area contributed by atoms with Crippen LogP contribution in [0.25, 0.3) is 22.1 Å². The van der Waals surface area contributed by atoms with Gasteiger partial charge < -0.3 is 4.74 Å². The van der Waals surface area contributed by atoms with Crippen molar-refractivity contribution in [3.8, 4) is 5.75 Å². The van der Waals surface area contributed by atoms with Crippen LogP contribution in [0.3, 0.4) is 0 Å². The van der Waals surface area contributed by atoms with Crippen molar-refractivity contribution in [3.05, 3.63) is 42.0 Å². The van der Waals surface area contributed by atoms with E-state index in [2.05, 4.69) is 9.97 Å². The summed E-state index contributed by atoms with van der Waals surface area (Å²) < 4.78 is 5.30. The van der Waals surface area contributed by atoms with Crippen LogP contribution in [0.5, 0.6) is 5.75 Å². The number of rotatable bonds is 1. The van der Waals surface area contributed by atoms with Crippen molar-refractivity contribution in [2.24, 2.45) is 0 Å². The normalized spacial score (nSPS) is 10.9. The Hall–Kier alpha value is -2.16. The van der Waals surface area contributed by atoms with Crippen LogP contribution in [-0.2, 0) is 0 Å². The van der Waals surface area contributed by atoms with Crippen molar-refractivity contribution >= 4 is 22.1 Å². The first kappa shape index (κ1) is 10.0. The number of hydrogen-bond acceptors (Lipinski definition) is 3. The molecule has 0 aliphatic heterocycles. The van der Waals surface area contributed by atoms with E-state index in [0.29, 0.717) is 0 Å². The summed E-state index contributed by atoms with van der Waals surface area (Å²) >= 11 is 0. The first-order valence-electron chi connectivity index (χ1n) is 5.49. The van der Waals surface area contributed by atoms with Crippen LogP contribution in [0.4, 0.5) is 0 Å². The SMILES string of the molecule is COc1cc2nc3ccccc3nc2cc1C. The highest BCUT2D eigenvalue weighted by atomic mass is 16.5. The molecule has 0 unspecified atom stereocenters. The highest BCUT2D eigenvalue weighted by Gasteiger charge is 2.05. The summed E-state index contributed by atoms with van der Waals surface area (Å²) in [5.74, 6) is 0.849. The molecule has 0 aliphatic rings. The monoisotopic (exact) mass is 224 g/mol. The minimum absolute atomic E-state index is 0.849. The Morgan fingerprint density at radius 1 is 0.882 bits per heavy atom. The Morgan fingerprint density at radius 3 is 2.06 bits per heavy atom. The first-order chi connectivity index (χ1) is 8.28. The van der Waals surface area contributed by atoms with Crippen LogP contribution in [-0.4, -0.2) is 17.1 Å². The fourth-order valence-electron chi connectivity index (χ4n) is 1.97. The molecule has 3 heteroatoms. The highest BCUT2D eigenvalue weighted by Crippen LogP contribution is 2.24. The standard InChI is InChI=1S/C14H12N2O/c1-9-7-12-13(8-14(9)17-2)16-11-6-4-3-5-10(11)15-12/h3-8H,1-2H3. The van der Waals surface area contributed by atoms with E-state index >= 15 is 0 Å². The third kappa shape index (κ3) is 1.60. The molecule has 0 bridgehead atoms. The number of fused-ring (bicyclic) bond motifs is 2. The summed E-state index contributed by atoms with van der Waals surface area (Å²) in [7, 11) is 1.67. The lowest BCUT2D eigenvalue weighted by atomic mass is 10.2. The molecule has 17 heavy (non-hydrogen) atoms. The van der Waals surface area contributed by atoms with Crippen molar-refractivity contribution in [3.63, 3.8) is 0 Å². The number of para-hydroxylation sites is 2. The second kappa shape index (κ2) is 3.70. The molecular formula is C14H12N2O. The van der Waals surface area contributed by atoms with E-state index in [1.165, 1.54) is 0 Å². The number of ether oxygens (including phenoxy) is 1. The summed E-state index contributed by atoms with van der Waals surface area (Å²) in [4.78, 5) is 9.18. The van der Waals surface area contributed by atoms with E-state index < -0.39 is 0 Å².